The lowest BCUT2D eigenvalue weighted by atomic mass is 9.81. The van der Waals surface area contributed by atoms with Crippen molar-refractivity contribution in [3.63, 3.8) is 0 Å². The molecular formula is C28H28N2O5S. The van der Waals surface area contributed by atoms with Gasteiger partial charge in [-0.05, 0) is 60.9 Å². The van der Waals surface area contributed by atoms with E-state index in [9.17, 15) is 23.1 Å². The summed E-state index contributed by atoms with van der Waals surface area (Å²) in [4.78, 5) is 25.1. The second-order valence-electron chi connectivity index (χ2n) is 10.2. The SMILES string of the molecule is O=C(O)C1=Cc2ccccc2-c2c(C3CCCCC3)c3ccc(C(=O)NS(=O)(=O)C4CC4)cc3n2C1. The van der Waals surface area contributed by atoms with Crippen LogP contribution >= 0.6 is 0 Å². The Balaban J connectivity index is 1.56. The lowest BCUT2D eigenvalue weighted by Crippen LogP contribution is -2.33. The molecule has 0 bridgehead atoms. The Bertz CT molecular complexity index is 1540. The van der Waals surface area contributed by atoms with Gasteiger partial charge in [-0.3, -0.25) is 4.79 Å². The van der Waals surface area contributed by atoms with Crippen molar-refractivity contribution in [1.29, 1.82) is 0 Å². The van der Waals surface area contributed by atoms with E-state index in [-0.39, 0.29) is 17.7 Å². The van der Waals surface area contributed by atoms with Crippen molar-refractivity contribution in [2.24, 2.45) is 0 Å². The summed E-state index contributed by atoms with van der Waals surface area (Å²) in [7, 11) is -3.68. The van der Waals surface area contributed by atoms with Crippen molar-refractivity contribution in [1.82, 2.24) is 9.29 Å². The molecule has 0 unspecified atom stereocenters. The van der Waals surface area contributed by atoms with E-state index in [2.05, 4.69) is 4.72 Å². The molecule has 2 aliphatic carbocycles. The van der Waals surface area contributed by atoms with Crippen molar-refractivity contribution in [2.75, 3.05) is 0 Å². The van der Waals surface area contributed by atoms with Gasteiger partial charge in [-0.25, -0.2) is 17.9 Å². The minimum Gasteiger partial charge on any atom is -0.478 e. The highest BCUT2D eigenvalue weighted by Gasteiger charge is 2.37. The monoisotopic (exact) mass is 504 g/mol. The van der Waals surface area contributed by atoms with Gasteiger partial charge >= 0.3 is 5.97 Å². The van der Waals surface area contributed by atoms with Gasteiger partial charge in [-0.2, -0.15) is 0 Å². The third-order valence-electron chi connectivity index (χ3n) is 7.73. The third kappa shape index (κ3) is 3.93. The standard InChI is InChI=1S/C28H28N2O5S/c31-27(29-36(34,35)21-11-12-21)19-10-13-23-24(15-19)30-16-20(28(32)33)14-18-8-4-5-9-22(18)26(30)25(23)17-6-2-1-3-7-17/h4-5,8-10,13-15,17,21H,1-3,6-7,11-12,16H2,(H,29,31)(H,32,33). The summed E-state index contributed by atoms with van der Waals surface area (Å²) in [6, 6.07) is 13.2. The van der Waals surface area contributed by atoms with Crippen molar-refractivity contribution < 1.29 is 23.1 Å². The van der Waals surface area contributed by atoms with Gasteiger partial charge in [0.25, 0.3) is 5.91 Å². The number of hydrogen-bond acceptors (Lipinski definition) is 4. The first-order chi connectivity index (χ1) is 17.3. The zero-order chi connectivity index (χ0) is 25.0. The van der Waals surface area contributed by atoms with E-state index in [1.54, 1.807) is 18.2 Å². The van der Waals surface area contributed by atoms with E-state index in [4.69, 9.17) is 0 Å². The van der Waals surface area contributed by atoms with Crippen LogP contribution < -0.4 is 4.72 Å². The summed E-state index contributed by atoms with van der Waals surface area (Å²) in [5, 5.41) is 10.5. The van der Waals surface area contributed by atoms with Crippen molar-refractivity contribution >= 4 is 38.9 Å². The number of nitrogens with zero attached hydrogens (tertiary/aromatic N) is 1. The van der Waals surface area contributed by atoms with Crippen LogP contribution in [0.5, 0.6) is 0 Å². The number of sulfonamides is 1. The van der Waals surface area contributed by atoms with E-state index in [0.717, 1.165) is 53.4 Å². The van der Waals surface area contributed by atoms with Gasteiger partial charge in [0.05, 0.1) is 23.1 Å². The van der Waals surface area contributed by atoms with Crippen LogP contribution in [0.3, 0.4) is 0 Å². The van der Waals surface area contributed by atoms with Gasteiger partial charge in [-0.1, -0.05) is 49.6 Å². The van der Waals surface area contributed by atoms with E-state index >= 15 is 0 Å². The fraction of sp³-hybridized carbons (Fsp3) is 0.357. The average Bonchev–Trinajstić information content (AvgIpc) is 3.70. The lowest BCUT2D eigenvalue weighted by Gasteiger charge is -2.24. The Morgan fingerprint density at radius 3 is 2.44 bits per heavy atom. The molecular weight excluding hydrogens is 476 g/mol. The largest absolute Gasteiger partial charge is 0.478 e. The molecule has 1 aliphatic heterocycles. The van der Waals surface area contributed by atoms with Crippen molar-refractivity contribution in [3.8, 4) is 11.3 Å². The molecule has 2 saturated carbocycles. The highest BCUT2D eigenvalue weighted by molar-refractivity contribution is 7.91. The van der Waals surface area contributed by atoms with Gasteiger partial charge in [0.2, 0.25) is 10.0 Å². The quantitative estimate of drug-likeness (QED) is 0.505. The first kappa shape index (κ1) is 23.0. The number of aliphatic carboxylic acids is 1. The topological polar surface area (TPSA) is 105 Å². The van der Waals surface area contributed by atoms with E-state index in [0.29, 0.717) is 18.8 Å². The minimum absolute atomic E-state index is 0.161. The number of benzene rings is 2. The maximum Gasteiger partial charge on any atom is 0.333 e. The van der Waals surface area contributed by atoms with Gasteiger partial charge < -0.3 is 9.67 Å². The lowest BCUT2D eigenvalue weighted by molar-refractivity contribution is -0.132. The first-order valence-electron chi connectivity index (χ1n) is 12.6. The molecule has 8 heteroatoms. The van der Waals surface area contributed by atoms with E-state index < -0.39 is 27.1 Å². The predicted octanol–water partition coefficient (Wildman–Crippen LogP) is 5.06. The number of amides is 1. The zero-order valence-corrected chi connectivity index (χ0v) is 20.7. The molecule has 6 rings (SSSR count). The van der Waals surface area contributed by atoms with Crippen LogP contribution in [0.25, 0.3) is 28.2 Å². The molecule has 0 radical (unpaired) electrons. The number of hydrogen-bond donors (Lipinski definition) is 2. The number of carbonyl (C=O) groups excluding carboxylic acids is 1. The smallest absolute Gasteiger partial charge is 0.333 e. The van der Waals surface area contributed by atoms with Crippen molar-refractivity contribution in [2.45, 2.75) is 62.7 Å². The number of aromatic nitrogens is 1. The maximum atomic E-state index is 12.9. The number of carbonyl (C=O) groups is 2. The second kappa shape index (κ2) is 8.62. The molecule has 2 N–H and O–H groups in total. The van der Waals surface area contributed by atoms with Crippen LogP contribution in [0, 0.1) is 0 Å². The summed E-state index contributed by atoms with van der Waals surface area (Å²) < 4.78 is 29.0. The second-order valence-corrected chi connectivity index (χ2v) is 12.1. The van der Waals surface area contributed by atoms with Crippen LogP contribution in [0.15, 0.2) is 48.0 Å². The Morgan fingerprint density at radius 1 is 0.972 bits per heavy atom. The first-order valence-corrected chi connectivity index (χ1v) is 14.1. The van der Waals surface area contributed by atoms with Crippen molar-refractivity contribution in [3.05, 3.63) is 64.7 Å². The Kier molecular flexibility index (Phi) is 5.52. The number of nitrogens with one attached hydrogen (secondary N) is 1. The Hall–Kier alpha value is -3.39. The fourth-order valence-corrected chi connectivity index (χ4v) is 7.10. The molecule has 2 fully saturated rings. The molecule has 3 aliphatic rings. The molecule has 1 amide bonds. The number of carboxylic acids is 1. The molecule has 3 aromatic rings. The van der Waals surface area contributed by atoms with Crippen LogP contribution in [-0.2, 0) is 21.4 Å². The summed E-state index contributed by atoms with van der Waals surface area (Å²) in [6.07, 6.45) is 8.52. The van der Waals surface area contributed by atoms with Crippen LogP contribution in [0.4, 0.5) is 0 Å². The highest BCUT2D eigenvalue weighted by atomic mass is 32.2. The summed E-state index contributed by atoms with van der Waals surface area (Å²) in [5.41, 5.74) is 5.32. The molecule has 2 aromatic carbocycles. The molecule has 7 nitrogen and oxygen atoms in total. The molecule has 1 aromatic heterocycles. The molecule has 0 spiro atoms. The Labute approximate surface area is 209 Å². The highest BCUT2D eigenvalue weighted by Crippen LogP contribution is 2.46. The molecule has 2 heterocycles. The summed E-state index contributed by atoms with van der Waals surface area (Å²) in [6.45, 7) is 0.161. The van der Waals surface area contributed by atoms with Gasteiger partial charge in [0.15, 0.2) is 0 Å². The summed E-state index contributed by atoms with van der Waals surface area (Å²) in [5.74, 6) is -1.29. The molecule has 0 saturated heterocycles. The normalized spacial score (nSPS) is 18.2. The van der Waals surface area contributed by atoms with Gasteiger partial charge in [-0.15, -0.1) is 0 Å². The molecule has 36 heavy (non-hydrogen) atoms. The van der Waals surface area contributed by atoms with E-state index in [1.165, 1.54) is 12.0 Å². The summed E-state index contributed by atoms with van der Waals surface area (Å²) >= 11 is 0. The van der Waals surface area contributed by atoms with Gasteiger partial charge in [0.1, 0.15) is 0 Å². The number of carboxylic acid groups (broad SMARTS) is 1. The Morgan fingerprint density at radius 2 is 1.72 bits per heavy atom. The van der Waals surface area contributed by atoms with Crippen LogP contribution in [-0.4, -0.2) is 35.2 Å². The maximum absolute atomic E-state index is 12.9. The molecule has 0 atom stereocenters. The van der Waals surface area contributed by atoms with E-state index in [1.807, 2.05) is 34.9 Å². The molecule has 186 valence electrons. The third-order valence-corrected chi connectivity index (χ3v) is 9.55. The fourth-order valence-electron chi connectivity index (χ4n) is 5.80. The minimum atomic E-state index is -3.68. The zero-order valence-electron chi connectivity index (χ0n) is 19.9. The average molecular weight is 505 g/mol. The van der Waals surface area contributed by atoms with Gasteiger partial charge in [0, 0.05) is 22.0 Å². The van der Waals surface area contributed by atoms with Crippen LogP contribution in [0.2, 0.25) is 0 Å². The number of fused-ring (bicyclic) bond motifs is 5. The number of rotatable bonds is 5. The van der Waals surface area contributed by atoms with Crippen LogP contribution in [0.1, 0.15) is 72.3 Å². The predicted molar refractivity (Wildman–Crippen MR) is 138 cm³/mol.